The van der Waals surface area contributed by atoms with Gasteiger partial charge >= 0.3 is 0 Å². The molecule has 0 aromatic carbocycles. The maximum Gasteiger partial charge on any atom is 0.248 e. The molecular formula is C12H24N2O4. The Balaban J connectivity index is 2.27. The molecule has 0 radical (unpaired) electrons. The lowest BCUT2D eigenvalue weighted by Crippen LogP contribution is -2.44. The van der Waals surface area contributed by atoms with Gasteiger partial charge in [-0.05, 0) is 19.4 Å². The van der Waals surface area contributed by atoms with Crippen LogP contribution < -0.4 is 5.32 Å². The molecule has 1 rings (SSSR count). The molecular weight excluding hydrogens is 236 g/mol. The van der Waals surface area contributed by atoms with Crippen LogP contribution in [0.2, 0.25) is 0 Å². The molecule has 2 N–H and O–H groups in total. The molecule has 0 spiro atoms. The number of ether oxygens (including phenoxy) is 2. The minimum Gasteiger partial charge on any atom is -0.395 e. The van der Waals surface area contributed by atoms with Gasteiger partial charge in [0.2, 0.25) is 5.91 Å². The van der Waals surface area contributed by atoms with E-state index in [1.807, 2.05) is 0 Å². The van der Waals surface area contributed by atoms with Crippen LogP contribution in [0.15, 0.2) is 0 Å². The van der Waals surface area contributed by atoms with E-state index in [0.29, 0.717) is 32.3 Å². The van der Waals surface area contributed by atoms with Crippen molar-refractivity contribution in [2.24, 2.45) is 0 Å². The lowest BCUT2D eigenvalue weighted by atomic mass is 10.2. The fourth-order valence-corrected chi connectivity index (χ4v) is 2.01. The molecule has 6 heteroatoms. The number of hydrogen-bond donors (Lipinski definition) is 2. The Hall–Kier alpha value is -0.690. The molecule has 1 unspecified atom stereocenters. The smallest absolute Gasteiger partial charge is 0.248 e. The van der Waals surface area contributed by atoms with E-state index >= 15 is 0 Å². The van der Waals surface area contributed by atoms with Gasteiger partial charge in [-0.25, -0.2) is 0 Å². The van der Waals surface area contributed by atoms with Crippen molar-refractivity contribution in [3.8, 4) is 0 Å². The zero-order chi connectivity index (χ0) is 13.2. The maximum absolute atomic E-state index is 11.9. The van der Waals surface area contributed by atoms with E-state index in [2.05, 4.69) is 5.32 Å². The summed E-state index contributed by atoms with van der Waals surface area (Å²) in [6.07, 6.45) is 2.23. The van der Waals surface area contributed by atoms with Crippen LogP contribution in [-0.4, -0.2) is 75.1 Å². The molecule has 106 valence electrons. The standard InChI is InChI=1S/C12H24N2O4/c1-17-7-8-18-10-12(16)14(5-6-15)9-11-3-2-4-13-11/h11,13,15H,2-10H2,1H3. The van der Waals surface area contributed by atoms with E-state index in [-0.39, 0.29) is 19.1 Å². The lowest BCUT2D eigenvalue weighted by Gasteiger charge is -2.25. The van der Waals surface area contributed by atoms with Gasteiger partial charge in [-0.2, -0.15) is 0 Å². The third-order valence-corrected chi connectivity index (χ3v) is 2.98. The van der Waals surface area contributed by atoms with Crippen LogP contribution >= 0.6 is 0 Å². The summed E-state index contributed by atoms with van der Waals surface area (Å²) < 4.78 is 10.0. The number of carbonyl (C=O) groups is 1. The second kappa shape index (κ2) is 9.27. The molecule has 0 aliphatic carbocycles. The summed E-state index contributed by atoms with van der Waals surface area (Å²) in [6, 6.07) is 0.347. The number of rotatable bonds is 9. The van der Waals surface area contributed by atoms with E-state index in [0.717, 1.165) is 19.4 Å². The maximum atomic E-state index is 11.9. The van der Waals surface area contributed by atoms with Crippen molar-refractivity contribution >= 4 is 5.91 Å². The Morgan fingerprint density at radius 3 is 2.94 bits per heavy atom. The number of aliphatic hydroxyl groups is 1. The molecule has 0 bridgehead atoms. The Morgan fingerprint density at radius 2 is 2.33 bits per heavy atom. The normalized spacial score (nSPS) is 19.1. The minimum atomic E-state index is -0.0751. The number of methoxy groups -OCH3 is 1. The van der Waals surface area contributed by atoms with Crippen molar-refractivity contribution in [1.29, 1.82) is 0 Å². The van der Waals surface area contributed by atoms with Gasteiger partial charge in [0.15, 0.2) is 0 Å². The van der Waals surface area contributed by atoms with Crippen molar-refractivity contribution in [3.63, 3.8) is 0 Å². The van der Waals surface area contributed by atoms with E-state index in [9.17, 15) is 4.79 Å². The van der Waals surface area contributed by atoms with Crippen LogP contribution in [0.25, 0.3) is 0 Å². The third kappa shape index (κ3) is 5.77. The number of carbonyl (C=O) groups excluding carboxylic acids is 1. The first kappa shape index (κ1) is 15.4. The molecule has 1 aliphatic rings. The largest absolute Gasteiger partial charge is 0.395 e. The van der Waals surface area contributed by atoms with Crippen LogP contribution in [-0.2, 0) is 14.3 Å². The molecule has 1 saturated heterocycles. The molecule has 0 aromatic rings. The van der Waals surface area contributed by atoms with Crippen LogP contribution in [0.1, 0.15) is 12.8 Å². The Kier molecular flexibility index (Phi) is 7.91. The van der Waals surface area contributed by atoms with Gasteiger partial charge in [-0.3, -0.25) is 4.79 Å². The summed E-state index contributed by atoms with van der Waals surface area (Å²) in [5, 5.41) is 12.3. The molecule has 1 heterocycles. The summed E-state index contributed by atoms with van der Waals surface area (Å²) in [5.41, 5.74) is 0. The summed E-state index contributed by atoms with van der Waals surface area (Å²) in [5.74, 6) is -0.0751. The summed E-state index contributed by atoms with van der Waals surface area (Å²) in [4.78, 5) is 13.6. The lowest BCUT2D eigenvalue weighted by molar-refractivity contribution is -0.137. The van der Waals surface area contributed by atoms with Crippen molar-refractivity contribution in [3.05, 3.63) is 0 Å². The number of nitrogens with one attached hydrogen (secondary N) is 1. The molecule has 1 aliphatic heterocycles. The average Bonchev–Trinajstić information content (AvgIpc) is 2.87. The third-order valence-electron chi connectivity index (χ3n) is 2.98. The first-order chi connectivity index (χ1) is 8.77. The number of amides is 1. The van der Waals surface area contributed by atoms with E-state index in [1.54, 1.807) is 12.0 Å². The summed E-state index contributed by atoms with van der Waals surface area (Å²) >= 11 is 0. The predicted octanol–water partition coefficient (Wildman–Crippen LogP) is -0.778. The van der Waals surface area contributed by atoms with E-state index in [4.69, 9.17) is 14.6 Å². The molecule has 1 amide bonds. The highest BCUT2D eigenvalue weighted by Gasteiger charge is 2.20. The van der Waals surface area contributed by atoms with Crippen LogP contribution in [0.3, 0.4) is 0 Å². The molecule has 1 fully saturated rings. The van der Waals surface area contributed by atoms with Gasteiger partial charge in [-0.15, -0.1) is 0 Å². The monoisotopic (exact) mass is 260 g/mol. The summed E-state index contributed by atoms with van der Waals surface area (Å²) in [7, 11) is 1.59. The highest BCUT2D eigenvalue weighted by molar-refractivity contribution is 5.77. The number of aliphatic hydroxyl groups excluding tert-OH is 1. The second-order valence-corrected chi connectivity index (χ2v) is 4.40. The number of nitrogens with zero attached hydrogens (tertiary/aromatic N) is 1. The van der Waals surface area contributed by atoms with Crippen LogP contribution in [0, 0.1) is 0 Å². The molecule has 0 aromatic heterocycles. The van der Waals surface area contributed by atoms with Gasteiger partial charge in [0.1, 0.15) is 6.61 Å². The quantitative estimate of drug-likeness (QED) is 0.532. The second-order valence-electron chi connectivity index (χ2n) is 4.40. The van der Waals surface area contributed by atoms with Gasteiger partial charge in [0.25, 0.3) is 0 Å². The van der Waals surface area contributed by atoms with Crippen molar-refractivity contribution in [2.75, 3.05) is 53.2 Å². The Labute approximate surface area is 108 Å². The van der Waals surface area contributed by atoms with Gasteiger partial charge in [-0.1, -0.05) is 0 Å². The zero-order valence-corrected chi connectivity index (χ0v) is 11.1. The summed E-state index contributed by atoms with van der Waals surface area (Å²) in [6.45, 7) is 2.95. The van der Waals surface area contributed by atoms with Crippen molar-refractivity contribution in [1.82, 2.24) is 10.2 Å². The highest BCUT2D eigenvalue weighted by Crippen LogP contribution is 2.07. The zero-order valence-electron chi connectivity index (χ0n) is 11.1. The van der Waals surface area contributed by atoms with E-state index < -0.39 is 0 Å². The van der Waals surface area contributed by atoms with Crippen LogP contribution in [0.4, 0.5) is 0 Å². The molecule has 6 nitrogen and oxygen atoms in total. The SMILES string of the molecule is COCCOCC(=O)N(CCO)CC1CCCN1. The highest BCUT2D eigenvalue weighted by atomic mass is 16.5. The van der Waals surface area contributed by atoms with Gasteiger partial charge in [0, 0.05) is 26.2 Å². The predicted molar refractivity (Wildman–Crippen MR) is 67.4 cm³/mol. The first-order valence-electron chi connectivity index (χ1n) is 6.46. The topological polar surface area (TPSA) is 71.0 Å². The number of hydrogen-bond acceptors (Lipinski definition) is 5. The van der Waals surface area contributed by atoms with Gasteiger partial charge in [0.05, 0.1) is 19.8 Å². The average molecular weight is 260 g/mol. The Morgan fingerprint density at radius 1 is 1.50 bits per heavy atom. The fourth-order valence-electron chi connectivity index (χ4n) is 2.01. The van der Waals surface area contributed by atoms with Crippen LogP contribution in [0.5, 0.6) is 0 Å². The molecule has 1 atom stereocenters. The van der Waals surface area contributed by atoms with Crippen molar-refractivity contribution in [2.45, 2.75) is 18.9 Å². The van der Waals surface area contributed by atoms with E-state index in [1.165, 1.54) is 0 Å². The fraction of sp³-hybridized carbons (Fsp3) is 0.917. The Bertz CT molecular complexity index is 232. The van der Waals surface area contributed by atoms with Crippen molar-refractivity contribution < 1.29 is 19.4 Å². The molecule has 18 heavy (non-hydrogen) atoms. The van der Waals surface area contributed by atoms with Gasteiger partial charge < -0.3 is 24.8 Å². The minimum absolute atomic E-state index is 0.0173. The molecule has 0 saturated carbocycles. The first-order valence-corrected chi connectivity index (χ1v) is 6.46.